The maximum Gasteiger partial charge on any atom is 0.269 e. The fraction of sp³-hybridized carbons (Fsp3) is 0.188. The number of hydrogen-bond donors (Lipinski definition) is 2. The summed E-state index contributed by atoms with van der Waals surface area (Å²) in [7, 11) is -3.83. The van der Waals surface area contributed by atoms with Crippen molar-refractivity contribution in [1.29, 1.82) is 0 Å². The first-order valence-corrected chi connectivity index (χ1v) is 8.82. The topological polar surface area (TPSA) is 118 Å². The molecule has 1 atom stereocenters. The predicted octanol–water partition coefficient (Wildman–Crippen LogP) is 2.21. The van der Waals surface area contributed by atoms with E-state index in [1.54, 1.807) is 12.1 Å². The van der Waals surface area contributed by atoms with Crippen LogP contribution in [0.1, 0.15) is 12.5 Å². The van der Waals surface area contributed by atoms with Crippen LogP contribution in [0.2, 0.25) is 0 Å². The van der Waals surface area contributed by atoms with Gasteiger partial charge in [0.2, 0.25) is 15.9 Å². The van der Waals surface area contributed by atoms with Crippen LogP contribution in [0.15, 0.2) is 53.4 Å². The molecule has 0 radical (unpaired) electrons. The number of nitro benzene ring substituents is 1. The number of aryl methyl sites for hydroxylation is 1. The predicted molar refractivity (Wildman–Crippen MR) is 92.7 cm³/mol. The molecule has 2 aromatic carbocycles. The van der Waals surface area contributed by atoms with Crippen LogP contribution in [0, 0.1) is 17.0 Å². The first-order valence-electron chi connectivity index (χ1n) is 7.33. The molecular formula is C16H17N3O5S. The lowest BCUT2D eigenvalue weighted by atomic mass is 10.2. The summed E-state index contributed by atoms with van der Waals surface area (Å²) in [6, 6.07) is 10.5. The van der Waals surface area contributed by atoms with Gasteiger partial charge in [-0.1, -0.05) is 17.7 Å². The molecular weight excluding hydrogens is 346 g/mol. The molecule has 0 aromatic heterocycles. The molecule has 0 spiro atoms. The second kappa shape index (κ2) is 7.41. The van der Waals surface area contributed by atoms with Crippen molar-refractivity contribution in [3.8, 4) is 0 Å². The number of carbonyl (C=O) groups excluding carboxylic acids is 1. The van der Waals surface area contributed by atoms with Crippen LogP contribution in [0.3, 0.4) is 0 Å². The molecule has 25 heavy (non-hydrogen) atoms. The number of nitrogens with zero attached hydrogens (tertiary/aromatic N) is 1. The fourth-order valence-corrected chi connectivity index (χ4v) is 3.19. The molecule has 2 rings (SSSR count). The van der Waals surface area contributed by atoms with E-state index in [1.165, 1.54) is 43.3 Å². The molecule has 0 aliphatic rings. The first-order chi connectivity index (χ1) is 11.7. The number of amides is 1. The molecule has 8 nitrogen and oxygen atoms in total. The molecule has 9 heteroatoms. The summed E-state index contributed by atoms with van der Waals surface area (Å²) >= 11 is 0. The van der Waals surface area contributed by atoms with Gasteiger partial charge in [-0.3, -0.25) is 14.9 Å². The lowest BCUT2D eigenvalue weighted by Crippen LogP contribution is -2.41. The number of nitrogens with one attached hydrogen (secondary N) is 2. The van der Waals surface area contributed by atoms with Crippen molar-refractivity contribution in [2.75, 3.05) is 5.32 Å². The molecule has 1 amide bonds. The van der Waals surface area contributed by atoms with Gasteiger partial charge in [0, 0.05) is 17.8 Å². The molecule has 0 aliphatic heterocycles. The molecule has 0 unspecified atom stereocenters. The van der Waals surface area contributed by atoms with Gasteiger partial charge in [0.25, 0.3) is 5.69 Å². The Morgan fingerprint density at radius 3 is 2.16 bits per heavy atom. The zero-order valence-electron chi connectivity index (χ0n) is 13.6. The highest BCUT2D eigenvalue weighted by Gasteiger charge is 2.22. The van der Waals surface area contributed by atoms with Gasteiger partial charge < -0.3 is 5.32 Å². The minimum absolute atomic E-state index is 0.0630. The number of benzene rings is 2. The number of carbonyl (C=O) groups is 1. The van der Waals surface area contributed by atoms with E-state index in [4.69, 9.17) is 0 Å². The Bertz CT molecular complexity index is 877. The summed E-state index contributed by atoms with van der Waals surface area (Å²) in [5.74, 6) is -0.579. The van der Waals surface area contributed by atoms with Gasteiger partial charge in [-0.15, -0.1) is 0 Å². The molecule has 0 heterocycles. The van der Waals surface area contributed by atoms with Crippen molar-refractivity contribution in [2.24, 2.45) is 0 Å². The minimum Gasteiger partial charge on any atom is -0.325 e. The summed E-state index contributed by atoms with van der Waals surface area (Å²) in [4.78, 5) is 22.2. The maximum atomic E-state index is 12.3. The van der Waals surface area contributed by atoms with Gasteiger partial charge in [-0.05, 0) is 38.1 Å². The normalized spacial score (nSPS) is 12.4. The Morgan fingerprint density at radius 1 is 1.08 bits per heavy atom. The average molecular weight is 363 g/mol. The monoisotopic (exact) mass is 363 g/mol. The summed E-state index contributed by atoms with van der Waals surface area (Å²) < 4.78 is 26.8. The van der Waals surface area contributed by atoms with E-state index in [0.29, 0.717) is 5.69 Å². The standard InChI is InChI=1S/C16H17N3O5S/c1-11-3-9-15(10-4-11)25(23,24)18-12(2)16(20)17-13-5-7-14(8-6-13)19(21)22/h3-10,12,18H,1-2H3,(H,17,20)/t12-/m0/s1. The molecule has 0 saturated carbocycles. The summed E-state index contributed by atoms with van der Waals surface area (Å²) in [5.41, 5.74) is 1.14. The lowest BCUT2D eigenvalue weighted by molar-refractivity contribution is -0.384. The van der Waals surface area contributed by atoms with E-state index in [2.05, 4.69) is 10.0 Å². The molecule has 2 aromatic rings. The first kappa shape index (κ1) is 18.6. The summed E-state index contributed by atoms with van der Waals surface area (Å²) in [6.45, 7) is 3.25. The third kappa shape index (κ3) is 4.85. The van der Waals surface area contributed by atoms with Crippen molar-refractivity contribution in [2.45, 2.75) is 24.8 Å². The van der Waals surface area contributed by atoms with E-state index in [-0.39, 0.29) is 10.6 Å². The summed E-state index contributed by atoms with van der Waals surface area (Å²) in [6.07, 6.45) is 0. The largest absolute Gasteiger partial charge is 0.325 e. The Morgan fingerprint density at radius 2 is 1.64 bits per heavy atom. The van der Waals surface area contributed by atoms with Crippen molar-refractivity contribution in [3.63, 3.8) is 0 Å². The van der Waals surface area contributed by atoms with Gasteiger partial charge in [0.05, 0.1) is 15.9 Å². The van der Waals surface area contributed by atoms with Gasteiger partial charge >= 0.3 is 0 Å². The molecule has 2 N–H and O–H groups in total. The van der Waals surface area contributed by atoms with E-state index < -0.39 is 26.9 Å². The van der Waals surface area contributed by atoms with Crippen LogP contribution in [-0.2, 0) is 14.8 Å². The number of sulfonamides is 1. The second-order valence-corrected chi connectivity index (χ2v) is 7.16. The lowest BCUT2D eigenvalue weighted by Gasteiger charge is -2.14. The van der Waals surface area contributed by atoms with Crippen LogP contribution >= 0.6 is 0 Å². The van der Waals surface area contributed by atoms with Crippen LogP contribution in [0.5, 0.6) is 0 Å². The SMILES string of the molecule is Cc1ccc(S(=O)(=O)N[C@@H](C)C(=O)Nc2ccc([N+](=O)[O-])cc2)cc1. The third-order valence-corrected chi connectivity index (χ3v) is 4.96. The smallest absolute Gasteiger partial charge is 0.269 e. The number of hydrogen-bond acceptors (Lipinski definition) is 5. The third-order valence-electron chi connectivity index (χ3n) is 3.40. The van der Waals surface area contributed by atoms with Crippen LogP contribution in [0.4, 0.5) is 11.4 Å². The molecule has 0 fully saturated rings. The van der Waals surface area contributed by atoms with Crippen LogP contribution in [0.25, 0.3) is 0 Å². The zero-order chi connectivity index (χ0) is 18.6. The minimum atomic E-state index is -3.83. The maximum absolute atomic E-state index is 12.3. The molecule has 0 saturated heterocycles. The van der Waals surface area contributed by atoms with Crippen molar-refractivity contribution >= 4 is 27.3 Å². The Kier molecular flexibility index (Phi) is 5.50. The van der Waals surface area contributed by atoms with Gasteiger partial charge in [0.1, 0.15) is 0 Å². The Labute approximate surface area is 145 Å². The molecule has 0 aliphatic carbocycles. The van der Waals surface area contributed by atoms with Gasteiger partial charge in [-0.2, -0.15) is 4.72 Å². The van der Waals surface area contributed by atoms with Gasteiger partial charge in [-0.25, -0.2) is 8.42 Å². The highest BCUT2D eigenvalue weighted by molar-refractivity contribution is 7.89. The second-order valence-electron chi connectivity index (χ2n) is 5.45. The van der Waals surface area contributed by atoms with E-state index >= 15 is 0 Å². The number of anilines is 1. The van der Waals surface area contributed by atoms with Crippen LogP contribution in [-0.4, -0.2) is 25.3 Å². The number of non-ortho nitro benzene ring substituents is 1. The Balaban J connectivity index is 2.04. The van der Waals surface area contributed by atoms with E-state index in [0.717, 1.165) is 5.56 Å². The van der Waals surface area contributed by atoms with Crippen molar-refractivity contribution in [3.05, 3.63) is 64.2 Å². The highest BCUT2D eigenvalue weighted by Crippen LogP contribution is 2.16. The Hall–Kier alpha value is -2.78. The van der Waals surface area contributed by atoms with Crippen molar-refractivity contribution in [1.82, 2.24) is 4.72 Å². The molecule has 0 bridgehead atoms. The van der Waals surface area contributed by atoms with E-state index in [1.807, 2.05) is 6.92 Å². The van der Waals surface area contributed by atoms with Crippen molar-refractivity contribution < 1.29 is 18.1 Å². The quantitative estimate of drug-likeness (QED) is 0.602. The van der Waals surface area contributed by atoms with Crippen LogP contribution < -0.4 is 10.0 Å². The fourth-order valence-electron chi connectivity index (χ4n) is 1.99. The van der Waals surface area contributed by atoms with Gasteiger partial charge in [0.15, 0.2) is 0 Å². The van der Waals surface area contributed by atoms with E-state index in [9.17, 15) is 23.3 Å². The molecule has 132 valence electrons. The number of nitro groups is 1. The summed E-state index contributed by atoms with van der Waals surface area (Å²) in [5, 5.41) is 13.1. The highest BCUT2D eigenvalue weighted by atomic mass is 32.2. The average Bonchev–Trinajstić information content (AvgIpc) is 2.55. The number of rotatable bonds is 6. The zero-order valence-corrected chi connectivity index (χ0v) is 14.4.